The molecule has 0 unspecified atom stereocenters. The number of nitrogens with zero attached hydrogens (tertiary/aromatic N) is 1. The Balaban J connectivity index is 1.84. The number of carbonyl (C=O) groups excluding carboxylic acids is 2. The number of hydrogen-bond acceptors (Lipinski definition) is 4. The van der Waals surface area contributed by atoms with Crippen LogP contribution in [0, 0.1) is 20.8 Å². The van der Waals surface area contributed by atoms with Gasteiger partial charge in [0, 0.05) is 18.8 Å². The number of hydrogen-bond donors (Lipinski definition) is 2. The average molecular weight is 361 g/mol. The number of anilines is 1. The predicted molar refractivity (Wildman–Crippen MR) is 103 cm³/mol. The number of likely N-dealkylation sites (N-methyl/N-ethyl adjacent to an activating group) is 1. The van der Waals surface area contributed by atoms with E-state index in [0.29, 0.717) is 6.54 Å². The molecule has 2 amide bonds. The molecule has 1 fully saturated rings. The number of amides is 2. The maximum atomic E-state index is 12.4. The quantitative estimate of drug-likeness (QED) is 0.781. The fourth-order valence-electron chi connectivity index (χ4n) is 3.29. The molecule has 0 saturated carbocycles. The summed E-state index contributed by atoms with van der Waals surface area (Å²) < 4.78 is 5.51. The first-order chi connectivity index (χ1) is 12.3. The molecule has 2 atom stereocenters. The van der Waals surface area contributed by atoms with Crippen LogP contribution >= 0.6 is 0 Å². The highest BCUT2D eigenvalue weighted by molar-refractivity contribution is 5.94. The zero-order valence-electron chi connectivity index (χ0n) is 16.5. The maximum Gasteiger partial charge on any atom is 0.238 e. The van der Waals surface area contributed by atoms with Crippen molar-refractivity contribution in [2.24, 2.45) is 0 Å². The van der Waals surface area contributed by atoms with Crippen LogP contribution in [-0.4, -0.2) is 55.6 Å². The van der Waals surface area contributed by atoms with Gasteiger partial charge in [-0.25, -0.2) is 0 Å². The Morgan fingerprint density at radius 3 is 2.50 bits per heavy atom. The van der Waals surface area contributed by atoms with Gasteiger partial charge in [0.25, 0.3) is 0 Å². The third-order valence-corrected chi connectivity index (χ3v) is 4.90. The van der Waals surface area contributed by atoms with Crippen LogP contribution in [0.1, 0.15) is 36.5 Å². The van der Waals surface area contributed by atoms with Gasteiger partial charge < -0.3 is 15.4 Å². The second kappa shape index (κ2) is 9.14. The van der Waals surface area contributed by atoms with Gasteiger partial charge in [0.05, 0.1) is 18.7 Å². The van der Waals surface area contributed by atoms with Crippen molar-refractivity contribution in [2.75, 3.05) is 32.1 Å². The van der Waals surface area contributed by atoms with Gasteiger partial charge in [0.2, 0.25) is 11.8 Å². The van der Waals surface area contributed by atoms with Crippen LogP contribution in [0.25, 0.3) is 0 Å². The van der Waals surface area contributed by atoms with Crippen LogP contribution in [0.15, 0.2) is 12.1 Å². The van der Waals surface area contributed by atoms with Gasteiger partial charge in [0.15, 0.2) is 0 Å². The molecule has 1 aromatic carbocycles. The van der Waals surface area contributed by atoms with Gasteiger partial charge in [-0.1, -0.05) is 17.7 Å². The number of benzene rings is 1. The van der Waals surface area contributed by atoms with Crippen molar-refractivity contribution in [1.29, 1.82) is 0 Å². The molecule has 2 rings (SSSR count). The van der Waals surface area contributed by atoms with Crippen molar-refractivity contribution >= 4 is 17.5 Å². The molecular formula is C20H31N3O3. The number of ether oxygens (including phenoxy) is 1. The molecule has 0 spiro atoms. The van der Waals surface area contributed by atoms with Crippen molar-refractivity contribution in [3.63, 3.8) is 0 Å². The monoisotopic (exact) mass is 361 g/mol. The van der Waals surface area contributed by atoms with Gasteiger partial charge in [-0.3, -0.25) is 14.5 Å². The summed E-state index contributed by atoms with van der Waals surface area (Å²) in [6.07, 6.45) is 2.16. The van der Waals surface area contributed by atoms with Gasteiger partial charge >= 0.3 is 0 Å². The summed E-state index contributed by atoms with van der Waals surface area (Å²) in [5, 5.41) is 5.89. The molecular weight excluding hydrogens is 330 g/mol. The Bertz CT molecular complexity index is 631. The second-order valence-electron chi connectivity index (χ2n) is 7.29. The van der Waals surface area contributed by atoms with E-state index >= 15 is 0 Å². The van der Waals surface area contributed by atoms with E-state index in [4.69, 9.17) is 4.74 Å². The average Bonchev–Trinajstić information content (AvgIpc) is 3.08. The zero-order chi connectivity index (χ0) is 19.3. The normalized spacial score (nSPS) is 18.0. The van der Waals surface area contributed by atoms with Gasteiger partial charge in [-0.2, -0.15) is 0 Å². The molecule has 1 heterocycles. The molecule has 1 saturated heterocycles. The summed E-state index contributed by atoms with van der Waals surface area (Å²) in [7, 11) is 1.78. The highest BCUT2D eigenvalue weighted by atomic mass is 16.5. The Morgan fingerprint density at radius 1 is 1.27 bits per heavy atom. The largest absolute Gasteiger partial charge is 0.376 e. The van der Waals surface area contributed by atoms with E-state index in [2.05, 4.69) is 10.6 Å². The van der Waals surface area contributed by atoms with Crippen LogP contribution in [-0.2, 0) is 14.3 Å². The Kier molecular flexibility index (Phi) is 7.17. The molecule has 26 heavy (non-hydrogen) atoms. The van der Waals surface area contributed by atoms with Crippen molar-refractivity contribution < 1.29 is 14.3 Å². The Labute approximate surface area is 156 Å². The molecule has 2 N–H and O–H groups in total. The highest BCUT2D eigenvalue weighted by Crippen LogP contribution is 2.21. The molecule has 1 aliphatic heterocycles. The molecule has 0 bridgehead atoms. The third kappa shape index (κ3) is 5.54. The number of rotatable bonds is 7. The van der Waals surface area contributed by atoms with E-state index in [9.17, 15) is 9.59 Å². The molecule has 144 valence electrons. The Hall–Kier alpha value is -1.92. The summed E-state index contributed by atoms with van der Waals surface area (Å²) in [5.41, 5.74) is 4.11. The SMILES string of the molecule is Cc1cc(C)c(NC(=O)CN(C)[C@@H](C)C(=O)NC[C@@H]2CCCO2)c(C)c1. The van der Waals surface area contributed by atoms with E-state index in [0.717, 1.165) is 36.3 Å². The van der Waals surface area contributed by atoms with Crippen molar-refractivity contribution in [3.8, 4) is 0 Å². The second-order valence-corrected chi connectivity index (χ2v) is 7.29. The fourth-order valence-corrected chi connectivity index (χ4v) is 3.29. The van der Waals surface area contributed by atoms with Crippen molar-refractivity contribution in [2.45, 2.75) is 52.7 Å². The highest BCUT2D eigenvalue weighted by Gasteiger charge is 2.22. The van der Waals surface area contributed by atoms with Crippen LogP contribution in [0.2, 0.25) is 0 Å². The first-order valence-corrected chi connectivity index (χ1v) is 9.25. The van der Waals surface area contributed by atoms with Crippen LogP contribution in [0.5, 0.6) is 0 Å². The minimum Gasteiger partial charge on any atom is -0.376 e. The topological polar surface area (TPSA) is 70.7 Å². The van der Waals surface area contributed by atoms with Crippen LogP contribution in [0.3, 0.4) is 0 Å². The molecule has 1 aromatic rings. The lowest BCUT2D eigenvalue weighted by Gasteiger charge is -2.24. The summed E-state index contributed by atoms with van der Waals surface area (Å²) in [5.74, 6) is -0.208. The lowest BCUT2D eigenvalue weighted by molar-refractivity contribution is -0.127. The van der Waals surface area contributed by atoms with E-state index in [-0.39, 0.29) is 30.5 Å². The molecule has 0 radical (unpaired) electrons. The summed E-state index contributed by atoms with van der Waals surface area (Å²) >= 11 is 0. The maximum absolute atomic E-state index is 12.4. The molecule has 0 aromatic heterocycles. The third-order valence-electron chi connectivity index (χ3n) is 4.90. The lowest BCUT2D eigenvalue weighted by Crippen LogP contribution is -2.47. The standard InChI is InChI=1S/C20H31N3O3/c1-13-9-14(2)19(15(3)10-13)22-18(24)12-23(5)16(4)20(25)21-11-17-7-6-8-26-17/h9-10,16-17H,6-8,11-12H2,1-5H3,(H,21,25)(H,22,24)/t16-,17-/m0/s1. The fraction of sp³-hybridized carbons (Fsp3) is 0.600. The lowest BCUT2D eigenvalue weighted by atomic mass is 10.1. The zero-order valence-corrected chi connectivity index (χ0v) is 16.5. The van der Waals surface area contributed by atoms with E-state index in [1.165, 1.54) is 5.56 Å². The number of nitrogens with one attached hydrogen (secondary N) is 2. The minimum absolute atomic E-state index is 0.0847. The van der Waals surface area contributed by atoms with Gasteiger partial charge in [-0.15, -0.1) is 0 Å². The molecule has 0 aliphatic carbocycles. The van der Waals surface area contributed by atoms with E-state index < -0.39 is 0 Å². The smallest absolute Gasteiger partial charge is 0.238 e. The van der Waals surface area contributed by atoms with E-state index in [1.807, 2.05) is 32.9 Å². The van der Waals surface area contributed by atoms with Crippen LogP contribution in [0.4, 0.5) is 5.69 Å². The molecule has 6 heteroatoms. The van der Waals surface area contributed by atoms with Crippen molar-refractivity contribution in [1.82, 2.24) is 10.2 Å². The molecule has 1 aliphatic rings. The summed E-state index contributed by atoms with van der Waals surface area (Å²) in [6.45, 7) is 9.28. The Morgan fingerprint density at radius 2 is 1.92 bits per heavy atom. The summed E-state index contributed by atoms with van der Waals surface area (Å²) in [6, 6.07) is 3.71. The van der Waals surface area contributed by atoms with Gasteiger partial charge in [-0.05, 0) is 58.7 Å². The molecule has 6 nitrogen and oxygen atoms in total. The van der Waals surface area contributed by atoms with Crippen molar-refractivity contribution in [3.05, 3.63) is 28.8 Å². The van der Waals surface area contributed by atoms with E-state index in [1.54, 1.807) is 18.9 Å². The number of aryl methyl sites for hydroxylation is 3. The van der Waals surface area contributed by atoms with Gasteiger partial charge in [0.1, 0.15) is 0 Å². The first kappa shape index (κ1) is 20.4. The predicted octanol–water partition coefficient (Wildman–Crippen LogP) is 2.17. The summed E-state index contributed by atoms with van der Waals surface area (Å²) in [4.78, 5) is 26.4. The first-order valence-electron chi connectivity index (χ1n) is 9.25. The van der Waals surface area contributed by atoms with Crippen LogP contribution < -0.4 is 10.6 Å². The minimum atomic E-state index is -0.387. The number of carbonyl (C=O) groups is 2.